The molecule has 0 N–H and O–H groups in total. The Bertz CT molecular complexity index is 473. The van der Waals surface area contributed by atoms with Gasteiger partial charge in [-0.2, -0.15) is 4.98 Å². The lowest BCUT2D eigenvalue weighted by Crippen LogP contribution is -2.00. The van der Waals surface area contributed by atoms with Crippen LogP contribution >= 0.6 is 27.3 Å². The molecule has 0 saturated carbocycles. The fourth-order valence-corrected chi connectivity index (χ4v) is 2.41. The van der Waals surface area contributed by atoms with Gasteiger partial charge in [0.15, 0.2) is 0 Å². The van der Waals surface area contributed by atoms with Gasteiger partial charge in [0.1, 0.15) is 17.0 Å². The molecule has 0 aromatic carbocycles. The van der Waals surface area contributed by atoms with Crippen LogP contribution in [0.3, 0.4) is 0 Å². The van der Waals surface area contributed by atoms with Crippen LogP contribution in [0.5, 0.6) is 5.88 Å². The van der Waals surface area contributed by atoms with E-state index in [1.165, 1.54) is 4.88 Å². The number of hydrogen-bond acceptors (Lipinski definition) is 4. The Morgan fingerprint density at radius 3 is 3.00 bits per heavy atom. The van der Waals surface area contributed by atoms with Crippen molar-refractivity contribution in [2.45, 2.75) is 26.4 Å². The maximum atomic E-state index is 5.65. The summed E-state index contributed by atoms with van der Waals surface area (Å²) in [4.78, 5) is 9.85. The lowest BCUT2D eigenvalue weighted by molar-refractivity contribution is 0.295. The fraction of sp³-hybridized carbons (Fsp3) is 0.333. The van der Waals surface area contributed by atoms with E-state index in [9.17, 15) is 0 Å². The van der Waals surface area contributed by atoms with Crippen molar-refractivity contribution in [1.29, 1.82) is 0 Å². The summed E-state index contributed by atoms with van der Waals surface area (Å²) in [5.74, 6) is 1.45. The number of aryl methyl sites for hydroxylation is 1. The van der Waals surface area contributed by atoms with Crippen molar-refractivity contribution in [3.8, 4) is 5.88 Å². The third-order valence-electron chi connectivity index (χ3n) is 2.13. The zero-order valence-corrected chi connectivity index (χ0v) is 11.9. The molecule has 0 bridgehead atoms. The second-order valence-corrected chi connectivity index (χ2v) is 5.41. The van der Waals surface area contributed by atoms with Gasteiger partial charge < -0.3 is 4.74 Å². The lowest BCUT2D eigenvalue weighted by atomic mass is 10.3. The van der Waals surface area contributed by atoms with Crippen LogP contribution in [0.1, 0.15) is 24.0 Å². The van der Waals surface area contributed by atoms with Crippen molar-refractivity contribution in [2.75, 3.05) is 0 Å². The average molecular weight is 313 g/mol. The molecule has 5 heteroatoms. The van der Waals surface area contributed by atoms with E-state index in [-0.39, 0.29) is 0 Å². The van der Waals surface area contributed by atoms with Crippen molar-refractivity contribution in [2.24, 2.45) is 0 Å². The zero-order valence-electron chi connectivity index (χ0n) is 9.52. The van der Waals surface area contributed by atoms with E-state index < -0.39 is 0 Å². The van der Waals surface area contributed by atoms with Crippen molar-refractivity contribution >= 4 is 27.3 Å². The van der Waals surface area contributed by atoms with E-state index in [0.717, 1.165) is 23.3 Å². The van der Waals surface area contributed by atoms with Crippen LogP contribution in [0.4, 0.5) is 0 Å². The minimum atomic E-state index is 0.562. The first-order valence-electron chi connectivity index (χ1n) is 5.46. The Morgan fingerprint density at radius 1 is 1.41 bits per heavy atom. The normalized spacial score (nSPS) is 10.5. The van der Waals surface area contributed by atoms with Gasteiger partial charge in [-0.1, -0.05) is 13.0 Å². The predicted octanol–water partition coefficient (Wildman–Crippen LogP) is 3.83. The van der Waals surface area contributed by atoms with Crippen LogP contribution in [0, 0.1) is 0 Å². The molecule has 17 heavy (non-hydrogen) atoms. The molecule has 2 aromatic rings. The highest BCUT2D eigenvalue weighted by Gasteiger charge is 2.04. The number of halogens is 1. The quantitative estimate of drug-likeness (QED) is 0.787. The number of thiophene rings is 1. The minimum absolute atomic E-state index is 0.562. The smallest absolute Gasteiger partial charge is 0.218 e. The highest BCUT2D eigenvalue weighted by molar-refractivity contribution is 9.10. The highest BCUT2D eigenvalue weighted by atomic mass is 79.9. The summed E-state index contributed by atoms with van der Waals surface area (Å²) in [5, 5.41) is 2.04. The second-order valence-electron chi connectivity index (χ2n) is 3.56. The van der Waals surface area contributed by atoms with Gasteiger partial charge in [0.25, 0.3) is 0 Å². The largest absolute Gasteiger partial charge is 0.472 e. The molecule has 0 unspecified atom stereocenters. The summed E-state index contributed by atoms with van der Waals surface area (Å²) < 4.78 is 6.42. The van der Waals surface area contributed by atoms with E-state index in [2.05, 4.69) is 32.8 Å². The molecule has 90 valence electrons. The monoisotopic (exact) mass is 312 g/mol. The summed E-state index contributed by atoms with van der Waals surface area (Å²) in [6.45, 7) is 2.67. The summed E-state index contributed by atoms with van der Waals surface area (Å²) in [6.07, 6.45) is 1.90. The van der Waals surface area contributed by atoms with Gasteiger partial charge in [-0.3, -0.25) is 0 Å². The van der Waals surface area contributed by atoms with Gasteiger partial charge in [-0.25, -0.2) is 4.98 Å². The molecule has 0 aliphatic rings. The average Bonchev–Trinajstić information content (AvgIpc) is 2.79. The maximum absolute atomic E-state index is 5.65. The van der Waals surface area contributed by atoms with Gasteiger partial charge in [-0.05, 0) is 33.8 Å². The maximum Gasteiger partial charge on any atom is 0.218 e. The highest BCUT2D eigenvalue weighted by Crippen LogP contribution is 2.17. The first kappa shape index (κ1) is 12.5. The van der Waals surface area contributed by atoms with Gasteiger partial charge in [-0.15, -0.1) is 11.3 Å². The molecule has 3 nitrogen and oxygen atoms in total. The van der Waals surface area contributed by atoms with Crippen molar-refractivity contribution in [3.63, 3.8) is 0 Å². The summed E-state index contributed by atoms with van der Waals surface area (Å²) in [6, 6.07) is 5.86. The first-order chi connectivity index (χ1) is 8.28. The lowest BCUT2D eigenvalue weighted by Gasteiger charge is -2.06. The molecule has 0 saturated heterocycles. The summed E-state index contributed by atoms with van der Waals surface area (Å²) in [5.41, 5.74) is 0. The Morgan fingerprint density at radius 2 is 2.29 bits per heavy atom. The van der Waals surface area contributed by atoms with Crippen molar-refractivity contribution in [3.05, 3.63) is 38.9 Å². The molecular formula is C12H13BrN2OS. The topological polar surface area (TPSA) is 35.0 Å². The predicted molar refractivity (Wildman–Crippen MR) is 72.4 cm³/mol. The van der Waals surface area contributed by atoms with E-state index >= 15 is 0 Å². The minimum Gasteiger partial charge on any atom is -0.472 e. The third-order valence-corrected chi connectivity index (χ3v) is 3.39. The van der Waals surface area contributed by atoms with Crippen molar-refractivity contribution < 1.29 is 4.74 Å². The Balaban J connectivity index is 2.04. The van der Waals surface area contributed by atoms with Gasteiger partial charge >= 0.3 is 0 Å². The van der Waals surface area contributed by atoms with E-state index in [0.29, 0.717) is 12.5 Å². The van der Waals surface area contributed by atoms with Crippen LogP contribution in [0.2, 0.25) is 0 Å². The molecule has 0 radical (unpaired) electrons. The van der Waals surface area contributed by atoms with Crippen LogP contribution in [0.25, 0.3) is 0 Å². The fourth-order valence-electron chi connectivity index (χ4n) is 1.39. The summed E-state index contributed by atoms with van der Waals surface area (Å²) in [7, 11) is 0. The van der Waals surface area contributed by atoms with E-state index in [1.807, 2.05) is 17.5 Å². The Labute approximate surface area is 113 Å². The second kappa shape index (κ2) is 6.12. The van der Waals surface area contributed by atoms with Crippen molar-refractivity contribution in [1.82, 2.24) is 9.97 Å². The SMILES string of the molecule is CCCc1nc(Br)cc(OCc2cccs2)n1. The molecule has 2 rings (SSSR count). The number of rotatable bonds is 5. The van der Waals surface area contributed by atoms with Gasteiger partial charge in [0.2, 0.25) is 5.88 Å². The molecule has 2 aromatic heterocycles. The van der Waals surface area contributed by atoms with Gasteiger partial charge in [0.05, 0.1) is 0 Å². The molecular weight excluding hydrogens is 300 g/mol. The number of aromatic nitrogens is 2. The molecule has 0 aliphatic carbocycles. The zero-order chi connectivity index (χ0) is 12.1. The van der Waals surface area contributed by atoms with E-state index in [1.54, 1.807) is 17.4 Å². The van der Waals surface area contributed by atoms with Gasteiger partial charge in [0, 0.05) is 17.4 Å². The summed E-state index contributed by atoms with van der Waals surface area (Å²) >= 11 is 5.05. The molecule has 0 aliphatic heterocycles. The number of ether oxygens (including phenoxy) is 1. The number of nitrogens with zero attached hydrogens (tertiary/aromatic N) is 2. The van der Waals surface area contributed by atoms with Crippen LogP contribution in [-0.2, 0) is 13.0 Å². The van der Waals surface area contributed by atoms with Crippen LogP contribution < -0.4 is 4.74 Å². The van der Waals surface area contributed by atoms with Crippen LogP contribution in [-0.4, -0.2) is 9.97 Å². The van der Waals surface area contributed by atoms with Crippen LogP contribution in [0.15, 0.2) is 28.2 Å². The first-order valence-corrected chi connectivity index (χ1v) is 7.14. The standard InChI is InChI=1S/C12H13BrN2OS/c1-2-4-11-14-10(13)7-12(15-11)16-8-9-5-3-6-17-9/h3,5-7H,2,4,8H2,1H3. The van der Waals surface area contributed by atoms with E-state index in [4.69, 9.17) is 4.74 Å². The molecule has 0 amide bonds. The molecule has 2 heterocycles. The Hall–Kier alpha value is -0.940. The Kier molecular flexibility index (Phi) is 4.50. The molecule has 0 atom stereocenters. The number of hydrogen-bond donors (Lipinski definition) is 0. The molecule has 0 spiro atoms. The molecule has 0 fully saturated rings. The third kappa shape index (κ3) is 3.78.